The third-order valence-corrected chi connectivity index (χ3v) is 4.30. The molecule has 0 bridgehead atoms. The number of carbonyl (C=O) groups excluding carboxylic acids is 1. The second kappa shape index (κ2) is 8.79. The average Bonchev–Trinajstić information content (AvgIpc) is 2.44. The summed E-state index contributed by atoms with van der Waals surface area (Å²) in [6.07, 6.45) is 2.09. The van der Waals surface area contributed by atoms with Crippen molar-refractivity contribution in [2.45, 2.75) is 44.9 Å². The van der Waals surface area contributed by atoms with E-state index in [-0.39, 0.29) is 12.4 Å². The van der Waals surface area contributed by atoms with Gasteiger partial charge in [-0.3, -0.25) is 4.79 Å². The Balaban J connectivity index is 2.73. The lowest BCUT2D eigenvalue weighted by atomic mass is 10.1. The number of sulfonamides is 1. The molecule has 0 saturated heterocycles. The zero-order valence-electron chi connectivity index (χ0n) is 12.5. The van der Waals surface area contributed by atoms with Gasteiger partial charge in [-0.05, 0) is 18.9 Å². The fourth-order valence-corrected chi connectivity index (χ4v) is 3.29. The van der Waals surface area contributed by atoms with E-state index < -0.39 is 22.0 Å². The van der Waals surface area contributed by atoms with Gasteiger partial charge in [0.15, 0.2) is 0 Å². The minimum atomic E-state index is -3.58. The molecule has 0 spiro atoms. The van der Waals surface area contributed by atoms with Crippen molar-refractivity contribution in [3.8, 4) is 0 Å². The molecule has 0 radical (unpaired) electrons. The van der Waals surface area contributed by atoms with Crippen LogP contribution in [0.15, 0.2) is 30.3 Å². The second-order valence-electron chi connectivity index (χ2n) is 4.81. The summed E-state index contributed by atoms with van der Waals surface area (Å²) in [5.74, 6) is -0.654. The van der Waals surface area contributed by atoms with E-state index in [9.17, 15) is 13.2 Å². The number of hydrogen-bond donors (Lipinski definition) is 1. The summed E-state index contributed by atoms with van der Waals surface area (Å²) in [6, 6.07) is 8.07. The van der Waals surface area contributed by atoms with Crippen LogP contribution in [0.4, 0.5) is 0 Å². The monoisotopic (exact) mass is 313 g/mol. The fraction of sp³-hybridized carbons (Fsp3) is 0.533. The van der Waals surface area contributed by atoms with Gasteiger partial charge in [0, 0.05) is 0 Å². The molecular formula is C15H23NO4S. The van der Waals surface area contributed by atoms with Crippen molar-refractivity contribution in [3.05, 3.63) is 35.9 Å². The van der Waals surface area contributed by atoms with Gasteiger partial charge in [0.2, 0.25) is 10.0 Å². The van der Waals surface area contributed by atoms with E-state index >= 15 is 0 Å². The molecule has 0 aromatic heterocycles. The Morgan fingerprint density at radius 3 is 2.48 bits per heavy atom. The normalized spacial score (nSPS) is 12.9. The van der Waals surface area contributed by atoms with Crippen molar-refractivity contribution in [2.24, 2.45) is 0 Å². The Morgan fingerprint density at radius 1 is 1.24 bits per heavy atom. The molecule has 6 heteroatoms. The highest BCUT2D eigenvalue weighted by molar-refractivity contribution is 7.88. The molecule has 0 aliphatic rings. The molecule has 1 aromatic rings. The molecule has 0 fully saturated rings. The topological polar surface area (TPSA) is 72.5 Å². The number of nitrogens with one attached hydrogen (secondary N) is 1. The number of rotatable bonds is 9. The zero-order chi connectivity index (χ0) is 15.7. The van der Waals surface area contributed by atoms with Crippen molar-refractivity contribution in [2.75, 3.05) is 6.61 Å². The van der Waals surface area contributed by atoms with E-state index in [1.165, 1.54) is 0 Å². The minimum absolute atomic E-state index is 0.143. The van der Waals surface area contributed by atoms with Crippen LogP contribution < -0.4 is 4.72 Å². The van der Waals surface area contributed by atoms with E-state index in [2.05, 4.69) is 4.72 Å². The van der Waals surface area contributed by atoms with Crippen LogP contribution in [0.25, 0.3) is 0 Å². The summed E-state index contributed by atoms with van der Waals surface area (Å²) in [5, 5.41) is 0. The van der Waals surface area contributed by atoms with Crippen LogP contribution in [0.3, 0.4) is 0 Å². The molecular weight excluding hydrogens is 290 g/mol. The standard InChI is InChI=1S/C15H23NO4S/c1-3-5-11-14(15(17)20-4-2)16-21(18,19)12-13-9-7-6-8-10-13/h6-10,14,16H,3-5,11-12H2,1-2H3. The van der Waals surface area contributed by atoms with Crippen LogP contribution in [0.5, 0.6) is 0 Å². The van der Waals surface area contributed by atoms with Gasteiger partial charge in [-0.2, -0.15) is 0 Å². The lowest BCUT2D eigenvalue weighted by Crippen LogP contribution is -2.42. The van der Waals surface area contributed by atoms with Crippen LogP contribution in [-0.2, 0) is 25.3 Å². The Labute approximate surface area is 126 Å². The highest BCUT2D eigenvalue weighted by atomic mass is 32.2. The predicted molar refractivity (Wildman–Crippen MR) is 82.1 cm³/mol. The van der Waals surface area contributed by atoms with Crippen LogP contribution >= 0.6 is 0 Å². The molecule has 5 nitrogen and oxygen atoms in total. The summed E-state index contributed by atoms with van der Waals surface area (Å²) < 4.78 is 31.7. The van der Waals surface area contributed by atoms with E-state index in [4.69, 9.17) is 4.74 Å². The molecule has 0 aliphatic carbocycles. The molecule has 0 aliphatic heterocycles. The maximum absolute atomic E-state index is 12.2. The number of hydrogen-bond acceptors (Lipinski definition) is 4. The smallest absolute Gasteiger partial charge is 0.324 e. The molecule has 0 amide bonds. The Kier molecular flexibility index (Phi) is 7.39. The van der Waals surface area contributed by atoms with Gasteiger partial charge in [0.05, 0.1) is 12.4 Å². The van der Waals surface area contributed by atoms with Crippen LogP contribution in [-0.4, -0.2) is 27.0 Å². The molecule has 0 saturated carbocycles. The van der Waals surface area contributed by atoms with E-state index in [0.29, 0.717) is 12.0 Å². The van der Waals surface area contributed by atoms with E-state index in [1.54, 1.807) is 31.2 Å². The molecule has 1 N–H and O–H groups in total. The number of carbonyl (C=O) groups is 1. The Hall–Kier alpha value is -1.40. The lowest BCUT2D eigenvalue weighted by Gasteiger charge is -2.17. The summed E-state index contributed by atoms with van der Waals surface area (Å²) >= 11 is 0. The molecule has 21 heavy (non-hydrogen) atoms. The fourth-order valence-electron chi connectivity index (χ4n) is 1.93. The first-order valence-electron chi connectivity index (χ1n) is 7.19. The van der Waals surface area contributed by atoms with Crippen molar-refractivity contribution in [1.82, 2.24) is 4.72 Å². The molecule has 1 rings (SSSR count). The largest absolute Gasteiger partial charge is 0.465 e. The summed E-state index contributed by atoms with van der Waals surface area (Å²) in [7, 11) is -3.58. The van der Waals surface area contributed by atoms with Crippen molar-refractivity contribution < 1.29 is 17.9 Å². The van der Waals surface area contributed by atoms with Gasteiger partial charge < -0.3 is 4.74 Å². The van der Waals surface area contributed by atoms with Crippen LogP contribution in [0.1, 0.15) is 38.7 Å². The van der Waals surface area contributed by atoms with Crippen LogP contribution in [0.2, 0.25) is 0 Å². The Morgan fingerprint density at radius 2 is 1.90 bits per heavy atom. The van der Waals surface area contributed by atoms with Gasteiger partial charge in [0.25, 0.3) is 0 Å². The molecule has 118 valence electrons. The van der Waals surface area contributed by atoms with Crippen molar-refractivity contribution in [1.29, 1.82) is 0 Å². The number of unbranched alkanes of at least 4 members (excludes halogenated alkanes) is 1. The predicted octanol–water partition coefficient (Wildman–Crippen LogP) is 2.23. The molecule has 1 atom stereocenters. The lowest BCUT2D eigenvalue weighted by molar-refractivity contribution is -0.145. The maximum Gasteiger partial charge on any atom is 0.324 e. The Bertz CT molecular complexity index is 528. The first-order valence-corrected chi connectivity index (χ1v) is 8.84. The van der Waals surface area contributed by atoms with Gasteiger partial charge in [-0.1, -0.05) is 50.1 Å². The summed E-state index contributed by atoms with van der Waals surface area (Å²) in [4.78, 5) is 11.8. The first kappa shape index (κ1) is 17.7. The minimum Gasteiger partial charge on any atom is -0.465 e. The average molecular weight is 313 g/mol. The molecule has 1 unspecified atom stereocenters. The number of benzene rings is 1. The summed E-state index contributed by atoms with van der Waals surface area (Å²) in [6.45, 7) is 3.93. The maximum atomic E-state index is 12.2. The van der Waals surface area contributed by atoms with Gasteiger partial charge >= 0.3 is 5.97 Å². The number of ether oxygens (including phenoxy) is 1. The van der Waals surface area contributed by atoms with E-state index in [0.717, 1.165) is 12.8 Å². The van der Waals surface area contributed by atoms with Crippen molar-refractivity contribution in [3.63, 3.8) is 0 Å². The van der Waals surface area contributed by atoms with Crippen molar-refractivity contribution >= 4 is 16.0 Å². The molecule has 1 aromatic carbocycles. The van der Waals surface area contributed by atoms with Crippen LogP contribution in [0, 0.1) is 0 Å². The second-order valence-corrected chi connectivity index (χ2v) is 6.56. The van der Waals surface area contributed by atoms with E-state index in [1.807, 2.05) is 13.0 Å². The molecule has 0 heterocycles. The third-order valence-electron chi connectivity index (χ3n) is 2.94. The zero-order valence-corrected chi connectivity index (χ0v) is 13.4. The third kappa shape index (κ3) is 6.73. The van der Waals surface area contributed by atoms with Gasteiger partial charge in [-0.25, -0.2) is 13.1 Å². The highest BCUT2D eigenvalue weighted by Crippen LogP contribution is 2.09. The summed E-state index contributed by atoms with van der Waals surface area (Å²) in [5.41, 5.74) is 0.683. The SMILES string of the molecule is CCCCC(NS(=O)(=O)Cc1ccccc1)C(=O)OCC. The highest BCUT2D eigenvalue weighted by Gasteiger charge is 2.25. The number of esters is 1. The van der Waals surface area contributed by atoms with Gasteiger partial charge in [0.1, 0.15) is 6.04 Å². The first-order chi connectivity index (χ1) is 9.98. The quantitative estimate of drug-likeness (QED) is 0.710. The van der Waals surface area contributed by atoms with Gasteiger partial charge in [-0.15, -0.1) is 0 Å².